The van der Waals surface area contributed by atoms with Crippen molar-refractivity contribution in [2.45, 2.75) is 33.9 Å². The van der Waals surface area contributed by atoms with E-state index >= 15 is 0 Å². The van der Waals surface area contributed by atoms with Crippen LogP contribution in [0.2, 0.25) is 0 Å². The zero-order chi connectivity index (χ0) is 17.6. The number of rotatable bonds is 5. The largest absolute Gasteiger partial charge is 0.357 e. The smallest absolute Gasteiger partial charge is 0.191 e. The maximum Gasteiger partial charge on any atom is 0.191 e. The van der Waals surface area contributed by atoms with Crippen molar-refractivity contribution in [3.63, 3.8) is 0 Å². The summed E-state index contributed by atoms with van der Waals surface area (Å²) < 4.78 is 0. The summed E-state index contributed by atoms with van der Waals surface area (Å²) in [7, 11) is 0. The van der Waals surface area contributed by atoms with Gasteiger partial charge in [-0.05, 0) is 32.4 Å². The lowest BCUT2D eigenvalue weighted by molar-refractivity contribution is 0.810. The standard InChI is InChI=1S/C19H23N5S.HI/c1-4-20-19(23-12-17-24-13(2)14(3)25-17)22-11-16-8-5-7-15-9-6-10-21-18(15)16;/h5-10H,4,11-12H2,1-3H3,(H2,20,22,23);1H. The number of aliphatic imine (C=N–C) groups is 1. The van der Waals surface area contributed by atoms with Crippen LogP contribution >= 0.6 is 35.3 Å². The average Bonchev–Trinajstić information content (AvgIpc) is 2.95. The Labute approximate surface area is 175 Å². The number of thiazole rings is 1. The van der Waals surface area contributed by atoms with Gasteiger partial charge in [0.05, 0.1) is 24.3 Å². The predicted octanol–water partition coefficient (Wildman–Crippen LogP) is 4.18. The van der Waals surface area contributed by atoms with E-state index in [4.69, 9.17) is 4.99 Å². The maximum atomic E-state index is 4.71. The molecule has 2 heterocycles. The number of guanidine groups is 1. The molecule has 0 spiro atoms. The molecule has 3 aromatic rings. The third kappa shape index (κ3) is 5.14. The van der Waals surface area contributed by atoms with Gasteiger partial charge in [-0.1, -0.05) is 24.3 Å². The second-order valence-electron chi connectivity index (χ2n) is 5.79. The van der Waals surface area contributed by atoms with Crippen molar-refractivity contribution in [1.82, 2.24) is 20.6 Å². The van der Waals surface area contributed by atoms with E-state index in [2.05, 4.69) is 58.7 Å². The molecule has 2 N–H and O–H groups in total. The Morgan fingerprint density at radius 2 is 1.96 bits per heavy atom. The lowest BCUT2D eigenvalue weighted by Gasteiger charge is -2.10. The molecule has 0 saturated carbocycles. The molecule has 7 heteroatoms. The lowest BCUT2D eigenvalue weighted by Crippen LogP contribution is -2.36. The van der Waals surface area contributed by atoms with Crippen molar-refractivity contribution in [2.75, 3.05) is 6.54 Å². The Hall–Kier alpha value is -1.74. The SMILES string of the molecule is CCNC(=NCc1cccc2cccnc12)NCc1nc(C)c(C)s1.I. The van der Waals surface area contributed by atoms with Crippen molar-refractivity contribution in [3.8, 4) is 0 Å². The number of pyridine rings is 1. The van der Waals surface area contributed by atoms with E-state index < -0.39 is 0 Å². The molecule has 0 aliphatic heterocycles. The minimum absolute atomic E-state index is 0. The van der Waals surface area contributed by atoms with E-state index in [1.165, 1.54) is 4.88 Å². The van der Waals surface area contributed by atoms with Crippen molar-refractivity contribution >= 4 is 52.2 Å². The van der Waals surface area contributed by atoms with Gasteiger partial charge in [-0.15, -0.1) is 35.3 Å². The van der Waals surface area contributed by atoms with Gasteiger partial charge in [0.2, 0.25) is 0 Å². The highest BCUT2D eigenvalue weighted by Gasteiger charge is 2.06. The molecule has 0 atom stereocenters. The number of fused-ring (bicyclic) bond motifs is 1. The number of hydrogen-bond acceptors (Lipinski definition) is 4. The Bertz CT molecular complexity index is 866. The van der Waals surface area contributed by atoms with Crippen LogP contribution in [0.15, 0.2) is 41.5 Å². The molecule has 0 unspecified atom stereocenters. The zero-order valence-corrected chi connectivity index (χ0v) is 18.4. The van der Waals surface area contributed by atoms with E-state index in [-0.39, 0.29) is 24.0 Å². The summed E-state index contributed by atoms with van der Waals surface area (Å²) in [5.74, 6) is 0.793. The second-order valence-corrected chi connectivity index (χ2v) is 7.08. The third-order valence-electron chi connectivity index (χ3n) is 3.95. The average molecular weight is 481 g/mol. The van der Waals surface area contributed by atoms with Gasteiger partial charge in [0.1, 0.15) is 5.01 Å². The number of nitrogens with one attached hydrogen (secondary N) is 2. The quantitative estimate of drug-likeness (QED) is 0.326. The van der Waals surface area contributed by atoms with Crippen molar-refractivity contribution in [3.05, 3.63) is 57.7 Å². The summed E-state index contributed by atoms with van der Waals surface area (Å²) in [4.78, 5) is 15.0. The van der Waals surface area contributed by atoms with Gasteiger partial charge in [0.25, 0.3) is 0 Å². The number of aryl methyl sites for hydroxylation is 2. The highest BCUT2D eigenvalue weighted by Crippen LogP contribution is 2.17. The summed E-state index contributed by atoms with van der Waals surface area (Å²) in [5.41, 5.74) is 3.23. The van der Waals surface area contributed by atoms with Crippen LogP contribution in [0.4, 0.5) is 0 Å². The van der Waals surface area contributed by atoms with Crippen LogP contribution in [-0.2, 0) is 13.1 Å². The van der Waals surface area contributed by atoms with Crippen LogP contribution < -0.4 is 10.6 Å². The molecule has 0 bridgehead atoms. The van der Waals surface area contributed by atoms with Crippen LogP contribution in [0, 0.1) is 13.8 Å². The topological polar surface area (TPSA) is 62.2 Å². The molecule has 138 valence electrons. The Kier molecular flexibility index (Phi) is 7.77. The Morgan fingerprint density at radius 1 is 1.15 bits per heavy atom. The zero-order valence-electron chi connectivity index (χ0n) is 15.2. The molecule has 26 heavy (non-hydrogen) atoms. The first kappa shape index (κ1) is 20.6. The number of para-hydroxylation sites is 1. The number of benzene rings is 1. The molecule has 0 radical (unpaired) electrons. The van der Waals surface area contributed by atoms with Gasteiger partial charge in [0.15, 0.2) is 5.96 Å². The summed E-state index contributed by atoms with van der Waals surface area (Å²) in [5, 5.41) is 8.87. The highest BCUT2D eigenvalue weighted by atomic mass is 127. The van der Waals surface area contributed by atoms with E-state index in [0.29, 0.717) is 13.1 Å². The molecule has 0 amide bonds. The number of nitrogens with zero attached hydrogens (tertiary/aromatic N) is 3. The van der Waals surface area contributed by atoms with Crippen LogP contribution in [0.5, 0.6) is 0 Å². The minimum atomic E-state index is 0. The first-order valence-corrected chi connectivity index (χ1v) is 9.26. The van der Waals surface area contributed by atoms with Gasteiger partial charge in [-0.2, -0.15) is 0 Å². The molecule has 5 nitrogen and oxygen atoms in total. The molecule has 3 rings (SSSR count). The summed E-state index contributed by atoms with van der Waals surface area (Å²) in [6, 6.07) is 10.2. The van der Waals surface area contributed by atoms with Crippen LogP contribution in [0.25, 0.3) is 10.9 Å². The van der Waals surface area contributed by atoms with Gasteiger partial charge >= 0.3 is 0 Å². The fourth-order valence-corrected chi connectivity index (χ4v) is 3.45. The van der Waals surface area contributed by atoms with Crippen LogP contribution in [0.3, 0.4) is 0 Å². The first-order chi connectivity index (χ1) is 12.2. The lowest BCUT2D eigenvalue weighted by atomic mass is 10.1. The Morgan fingerprint density at radius 3 is 2.69 bits per heavy atom. The summed E-state index contributed by atoms with van der Waals surface area (Å²) in [6.45, 7) is 8.29. The Balaban J connectivity index is 0.00000243. The minimum Gasteiger partial charge on any atom is -0.357 e. The fourth-order valence-electron chi connectivity index (χ4n) is 2.58. The summed E-state index contributed by atoms with van der Waals surface area (Å²) in [6.07, 6.45) is 1.83. The van der Waals surface area contributed by atoms with Crippen molar-refractivity contribution in [1.29, 1.82) is 0 Å². The normalized spacial score (nSPS) is 11.3. The molecule has 0 saturated heterocycles. The summed E-state index contributed by atoms with van der Waals surface area (Å²) >= 11 is 1.72. The van der Waals surface area contributed by atoms with Crippen molar-refractivity contribution in [2.24, 2.45) is 4.99 Å². The van der Waals surface area contributed by atoms with E-state index in [9.17, 15) is 0 Å². The van der Waals surface area contributed by atoms with Gasteiger partial charge < -0.3 is 10.6 Å². The second kappa shape index (κ2) is 9.82. The number of halogens is 1. The monoisotopic (exact) mass is 481 g/mol. The van der Waals surface area contributed by atoms with Crippen LogP contribution in [0.1, 0.15) is 28.1 Å². The molecule has 0 fully saturated rings. The molecule has 0 aliphatic rings. The van der Waals surface area contributed by atoms with E-state index in [1.54, 1.807) is 11.3 Å². The van der Waals surface area contributed by atoms with Gasteiger partial charge in [0, 0.05) is 23.0 Å². The number of hydrogen-bond donors (Lipinski definition) is 2. The number of aromatic nitrogens is 2. The van der Waals surface area contributed by atoms with Gasteiger partial charge in [-0.3, -0.25) is 4.98 Å². The van der Waals surface area contributed by atoms with Gasteiger partial charge in [-0.25, -0.2) is 9.98 Å². The maximum absolute atomic E-state index is 4.71. The van der Waals surface area contributed by atoms with E-state index in [1.807, 2.05) is 19.2 Å². The van der Waals surface area contributed by atoms with Crippen LogP contribution in [-0.4, -0.2) is 22.5 Å². The molecule has 0 aliphatic carbocycles. The highest BCUT2D eigenvalue weighted by molar-refractivity contribution is 14.0. The molecule has 2 aromatic heterocycles. The molecular formula is C19H24IN5S. The first-order valence-electron chi connectivity index (χ1n) is 8.45. The predicted molar refractivity (Wildman–Crippen MR) is 120 cm³/mol. The molecular weight excluding hydrogens is 457 g/mol. The third-order valence-corrected chi connectivity index (χ3v) is 5.02. The fraction of sp³-hybridized carbons (Fsp3) is 0.316. The van der Waals surface area contributed by atoms with Crippen molar-refractivity contribution < 1.29 is 0 Å². The molecule has 1 aromatic carbocycles. The van der Waals surface area contributed by atoms with E-state index in [0.717, 1.165) is 39.7 Å².